The van der Waals surface area contributed by atoms with Gasteiger partial charge in [0.15, 0.2) is 10.3 Å². The zero-order chi connectivity index (χ0) is 14.9. The van der Waals surface area contributed by atoms with E-state index in [2.05, 4.69) is 10.2 Å². The molecule has 20 heavy (non-hydrogen) atoms. The van der Waals surface area contributed by atoms with Crippen molar-refractivity contribution < 1.29 is 14.7 Å². The Hall–Kier alpha value is -1.05. The number of aliphatic carboxylic acids is 1. The van der Waals surface area contributed by atoms with E-state index in [-0.39, 0.29) is 21.2 Å². The van der Waals surface area contributed by atoms with Crippen molar-refractivity contribution in [1.82, 2.24) is 15.1 Å². The van der Waals surface area contributed by atoms with Gasteiger partial charge in [0.2, 0.25) is 0 Å². The first-order chi connectivity index (χ1) is 9.45. The molecule has 2 rings (SSSR count). The Bertz CT molecular complexity index is 558. The molecule has 2 heterocycles. The van der Waals surface area contributed by atoms with Crippen molar-refractivity contribution in [2.45, 2.75) is 24.8 Å². The van der Waals surface area contributed by atoms with Gasteiger partial charge in [-0.2, -0.15) is 0 Å². The predicted octanol–water partition coefficient (Wildman–Crippen LogP) is 2.16. The van der Waals surface area contributed by atoms with Crippen LogP contribution >= 0.6 is 35.0 Å². The van der Waals surface area contributed by atoms with E-state index < -0.39 is 17.9 Å². The fourth-order valence-electron chi connectivity index (χ4n) is 1.98. The highest BCUT2D eigenvalue weighted by Gasteiger charge is 2.41. The molecule has 1 aliphatic rings. The van der Waals surface area contributed by atoms with E-state index in [9.17, 15) is 14.7 Å². The van der Waals surface area contributed by atoms with Crippen LogP contribution in [-0.2, 0) is 4.79 Å². The van der Waals surface area contributed by atoms with Gasteiger partial charge in [-0.1, -0.05) is 30.1 Å². The first-order valence-electron chi connectivity index (χ1n) is 5.81. The molecule has 1 saturated heterocycles. The van der Waals surface area contributed by atoms with Crippen LogP contribution in [-0.4, -0.2) is 49.2 Å². The van der Waals surface area contributed by atoms with Gasteiger partial charge in [0.1, 0.15) is 6.04 Å². The molecule has 0 spiro atoms. The Labute approximate surface area is 129 Å². The number of aromatic nitrogens is 2. The Balaban J connectivity index is 2.38. The Kier molecular flexibility index (Phi) is 4.72. The third-order valence-corrected chi connectivity index (χ3v) is 4.83. The van der Waals surface area contributed by atoms with Gasteiger partial charge in [-0.15, -0.1) is 22.0 Å². The maximum atomic E-state index is 12.5. The average Bonchev–Trinajstić information content (AvgIpc) is 2.84. The molecule has 1 aromatic rings. The largest absolute Gasteiger partial charge is 0.480 e. The second kappa shape index (κ2) is 6.15. The third-order valence-electron chi connectivity index (χ3n) is 2.91. The summed E-state index contributed by atoms with van der Waals surface area (Å²) in [5.74, 6) is -1.18. The van der Waals surface area contributed by atoms with E-state index in [0.717, 1.165) is 0 Å². The van der Waals surface area contributed by atoms with Crippen LogP contribution in [0, 0.1) is 0 Å². The van der Waals surface area contributed by atoms with Crippen LogP contribution < -0.4 is 0 Å². The number of hydrogen-bond acceptors (Lipinski definition) is 5. The van der Waals surface area contributed by atoms with Gasteiger partial charge < -0.3 is 10.0 Å². The molecule has 0 saturated carbocycles. The molecule has 108 valence electrons. The summed E-state index contributed by atoms with van der Waals surface area (Å²) < 4.78 is 0. The predicted molar refractivity (Wildman–Crippen MR) is 76.2 cm³/mol. The lowest BCUT2D eigenvalue weighted by atomic mass is 10.2. The number of nitrogens with zero attached hydrogens (tertiary/aromatic N) is 3. The van der Waals surface area contributed by atoms with Crippen molar-refractivity contribution in [3.63, 3.8) is 0 Å². The summed E-state index contributed by atoms with van der Waals surface area (Å²) in [5.41, 5.74) is 0.0684. The van der Waals surface area contributed by atoms with Gasteiger partial charge in [0, 0.05) is 5.75 Å². The number of carbonyl (C=O) groups excluding carboxylic acids is 1. The van der Waals surface area contributed by atoms with Crippen molar-refractivity contribution in [3.05, 3.63) is 21.9 Å². The van der Waals surface area contributed by atoms with Crippen molar-refractivity contribution in [2.75, 3.05) is 5.75 Å². The third kappa shape index (κ3) is 2.84. The van der Waals surface area contributed by atoms with Crippen LogP contribution in [0.5, 0.6) is 0 Å². The van der Waals surface area contributed by atoms with Crippen molar-refractivity contribution in [3.8, 4) is 0 Å². The minimum absolute atomic E-state index is 0.0320. The molecule has 2 atom stereocenters. The van der Waals surface area contributed by atoms with Crippen LogP contribution in [0.3, 0.4) is 0 Å². The molecular formula is C11H11Cl2N3O3S. The van der Waals surface area contributed by atoms with E-state index >= 15 is 0 Å². The SMILES string of the molecule is CCC1SCC(C(=O)O)N1C(=O)c1cc(Cl)nnc1Cl. The molecule has 1 N–H and O–H groups in total. The minimum atomic E-state index is -1.04. The van der Waals surface area contributed by atoms with Gasteiger partial charge in [-0.3, -0.25) is 4.79 Å². The van der Waals surface area contributed by atoms with Crippen molar-refractivity contribution in [2.24, 2.45) is 0 Å². The fraction of sp³-hybridized carbons (Fsp3) is 0.455. The van der Waals surface area contributed by atoms with Crippen LogP contribution in [0.25, 0.3) is 0 Å². The van der Waals surface area contributed by atoms with Crippen LogP contribution in [0.4, 0.5) is 0 Å². The summed E-state index contributed by atoms with van der Waals surface area (Å²) in [7, 11) is 0. The van der Waals surface area contributed by atoms with Gasteiger partial charge in [-0.25, -0.2) is 4.79 Å². The van der Waals surface area contributed by atoms with E-state index in [0.29, 0.717) is 12.2 Å². The van der Waals surface area contributed by atoms with Gasteiger partial charge in [-0.05, 0) is 12.5 Å². The van der Waals surface area contributed by atoms with Crippen LogP contribution in [0.1, 0.15) is 23.7 Å². The Morgan fingerprint density at radius 1 is 1.50 bits per heavy atom. The normalized spacial score (nSPS) is 22.1. The van der Waals surface area contributed by atoms with Gasteiger partial charge in [0.05, 0.1) is 10.9 Å². The van der Waals surface area contributed by atoms with E-state index in [1.807, 2.05) is 6.92 Å². The molecule has 1 amide bonds. The van der Waals surface area contributed by atoms with Gasteiger partial charge in [0.25, 0.3) is 5.91 Å². The first kappa shape index (κ1) is 15.3. The van der Waals surface area contributed by atoms with Crippen LogP contribution in [0.15, 0.2) is 6.07 Å². The average molecular weight is 336 g/mol. The Morgan fingerprint density at radius 2 is 2.20 bits per heavy atom. The highest BCUT2D eigenvalue weighted by Crippen LogP contribution is 2.33. The monoisotopic (exact) mass is 335 g/mol. The van der Waals surface area contributed by atoms with Crippen molar-refractivity contribution >= 4 is 46.8 Å². The summed E-state index contributed by atoms with van der Waals surface area (Å²) in [5, 5.41) is 16.1. The number of amides is 1. The maximum absolute atomic E-state index is 12.5. The zero-order valence-electron chi connectivity index (χ0n) is 10.4. The molecule has 0 bridgehead atoms. The van der Waals surface area contributed by atoms with Crippen LogP contribution in [0.2, 0.25) is 10.3 Å². The lowest BCUT2D eigenvalue weighted by Gasteiger charge is -2.26. The number of carbonyl (C=O) groups is 2. The van der Waals surface area contributed by atoms with Gasteiger partial charge >= 0.3 is 5.97 Å². The Morgan fingerprint density at radius 3 is 2.80 bits per heavy atom. The molecule has 6 nitrogen and oxygen atoms in total. The maximum Gasteiger partial charge on any atom is 0.327 e. The fourth-order valence-corrected chi connectivity index (χ4v) is 3.65. The molecule has 0 radical (unpaired) electrons. The molecule has 1 aromatic heterocycles. The number of carboxylic acids is 1. The second-order valence-corrected chi connectivity index (χ2v) is 6.09. The summed E-state index contributed by atoms with van der Waals surface area (Å²) in [6, 6.07) is 0.425. The molecule has 2 unspecified atom stereocenters. The summed E-state index contributed by atoms with van der Waals surface area (Å²) in [4.78, 5) is 25.1. The highest BCUT2D eigenvalue weighted by atomic mass is 35.5. The van der Waals surface area contributed by atoms with E-state index in [4.69, 9.17) is 23.2 Å². The van der Waals surface area contributed by atoms with E-state index in [1.54, 1.807) is 0 Å². The first-order valence-corrected chi connectivity index (χ1v) is 7.62. The minimum Gasteiger partial charge on any atom is -0.480 e. The van der Waals surface area contributed by atoms with Crippen molar-refractivity contribution in [1.29, 1.82) is 0 Å². The summed E-state index contributed by atoms with van der Waals surface area (Å²) in [6.07, 6.45) is 0.643. The molecule has 1 fully saturated rings. The number of halogens is 2. The summed E-state index contributed by atoms with van der Waals surface area (Å²) in [6.45, 7) is 1.89. The lowest BCUT2D eigenvalue weighted by molar-refractivity contribution is -0.141. The molecule has 0 aromatic carbocycles. The molecule has 0 aliphatic carbocycles. The zero-order valence-corrected chi connectivity index (χ0v) is 12.7. The molecule has 9 heteroatoms. The second-order valence-electron chi connectivity index (χ2n) is 4.13. The molecular weight excluding hydrogens is 325 g/mol. The number of hydrogen-bond donors (Lipinski definition) is 1. The molecule has 1 aliphatic heterocycles. The number of rotatable bonds is 3. The number of carboxylic acid groups (broad SMARTS) is 1. The lowest BCUT2D eigenvalue weighted by Crippen LogP contribution is -2.45. The smallest absolute Gasteiger partial charge is 0.327 e. The summed E-state index contributed by atoms with van der Waals surface area (Å²) >= 11 is 13.0. The topological polar surface area (TPSA) is 83.4 Å². The standard InChI is InChI=1S/C11H11Cl2N3O3S/c1-2-8-16(6(4-20-8)11(18)19)10(17)5-3-7(12)14-15-9(5)13/h3,6,8H,2,4H2,1H3,(H,18,19). The quantitative estimate of drug-likeness (QED) is 0.911. The number of thioether (sulfide) groups is 1. The van der Waals surface area contributed by atoms with E-state index in [1.165, 1.54) is 22.7 Å². The highest BCUT2D eigenvalue weighted by molar-refractivity contribution is 8.00.